The molecule has 5 rings (SSSR count). The molecule has 182 valence electrons. The van der Waals surface area contributed by atoms with E-state index in [1.807, 2.05) is 37.3 Å². The number of ether oxygens (including phenoxy) is 1. The largest absolute Gasteiger partial charge is 0.494 e. The van der Waals surface area contributed by atoms with Crippen molar-refractivity contribution >= 4 is 34.5 Å². The highest BCUT2D eigenvalue weighted by Gasteiger charge is 2.30. The topological polar surface area (TPSA) is 69.6 Å². The third kappa shape index (κ3) is 4.94. The van der Waals surface area contributed by atoms with Gasteiger partial charge in [0.2, 0.25) is 4.96 Å². The number of fused-ring (bicyclic) bond motifs is 1. The van der Waals surface area contributed by atoms with Crippen molar-refractivity contribution in [3.63, 3.8) is 0 Å². The van der Waals surface area contributed by atoms with Crippen LogP contribution in [0.3, 0.4) is 0 Å². The summed E-state index contributed by atoms with van der Waals surface area (Å²) in [6.45, 7) is 2.52. The SMILES string of the molecule is CCOc1ccc(/C=C/c2nc3s/c(=C\c4ccc(-c5cccc(C(F)(F)F)c5)o4)c(=O)n3n2)cc1. The number of hydrogen-bond acceptors (Lipinski definition) is 6. The summed E-state index contributed by atoms with van der Waals surface area (Å²) in [5.74, 6) is 1.78. The third-order valence-corrected chi connectivity index (χ3v) is 6.15. The van der Waals surface area contributed by atoms with E-state index < -0.39 is 11.7 Å². The minimum absolute atomic E-state index is 0.265. The highest BCUT2D eigenvalue weighted by Crippen LogP contribution is 2.32. The summed E-state index contributed by atoms with van der Waals surface area (Å²) in [5, 5.41) is 4.26. The molecule has 5 aromatic rings. The first-order valence-corrected chi connectivity index (χ1v) is 11.7. The molecule has 36 heavy (non-hydrogen) atoms. The fourth-order valence-electron chi connectivity index (χ4n) is 3.50. The Bertz CT molecular complexity index is 1660. The zero-order chi connectivity index (χ0) is 25.3. The minimum Gasteiger partial charge on any atom is -0.494 e. The molecule has 2 aromatic carbocycles. The Morgan fingerprint density at radius 1 is 1.08 bits per heavy atom. The molecule has 0 aliphatic carbocycles. The molecule has 0 radical (unpaired) electrons. The van der Waals surface area contributed by atoms with Crippen LogP contribution >= 0.6 is 11.3 Å². The molecule has 0 aliphatic rings. The van der Waals surface area contributed by atoms with Gasteiger partial charge in [-0.15, -0.1) is 5.10 Å². The van der Waals surface area contributed by atoms with Gasteiger partial charge in [0.1, 0.15) is 21.8 Å². The quantitative estimate of drug-likeness (QED) is 0.300. The van der Waals surface area contributed by atoms with Crippen molar-refractivity contribution in [2.45, 2.75) is 13.1 Å². The molecule has 0 amide bonds. The lowest BCUT2D eigenvalue weighted by Gasteiger charge is -2.07. The Balaban J connectivity index is 1.37. The van der Waals surface area contributed by atoms with Crippen molar-refractivity contribution in [3.05, 3.63) is 98.3 Å². The van der Waals surface area contributed by atoms with Crippen LogP contribution in [0.4, 0.5) is 13.2 Å². The van der Waals surface area contributed by atoms with Gasteiger partial charge in [-0.05, 0) is 55.0 Å². The van der Waals surface area contributed by atoms with E-state index in [9.17, 15) is 18.0 Å². The van der Waals surface area contributed by atoms with Crippen molar-refractivity contribution in [2.24, 2.45) is 0 Å². The smallest absolute Gasteiger partial charge is 0.416 e. The average Bonchev–Trinajstić information content (AvgIpc) is 3.56. The molecule has 0 saturated heterocycles. The number of benzene rings is 2. The van der Waals surface area contributed by atoms with E-state index in [4.69, 9.17) is 9.15 Å². The molecule has 0 atom stereocenters. The average molecular weight is 510 g/mol. The number of alkyl halides is 3. The van der Waals surface area contributed by atoms with Gasteiger partial charge in [-0.25, -0.2) is 0 Å². The molecule has 0 aliphatic heterocycles. The second kappa shape index (κ2) is 9.46. The molecule has 0 saturated carbocycles. The monoisotopic (exact) mass is 509 g/mol. The van der Waals surface area contributed by atoms with Gasteiger partial charge in [-0.3, -0.25) is 4.79 Å². The molecular weight excluding hydrogens is 491 g/mol. The molecule has 0 fully saturated rings. The molecule has 10 heteroatoms. The van der Waals surface area contributed by atoms with Crippen LogP contribution in [0.5, 0.6) is 5.75 Å². The van der Waals surface area contributed by atoms with E-state index in [-0.39, 0.29) is 11.3 Å². The van der Waals surface area contributed by atoms with Crippen molar-refractivity contribution in [3.8, 4) is 17.1 Å². The number of aromatic nitrogens is 3. The Morgan fingerprint density at radius 2 is 1.89 bits per heavy atom. The lowest BCUT2D eigenvalue weighted by molar-refractivity contribution is -0.137. The first-order valence-electron chi connectivity index (χ1n) is 10.9. The van der Waals surface area contributed by atoms with Gasteiger partial charge in [-0.1, -0.05) is 41.7 Å². The van der Waals surface area contributed by atoms with Crippen LogP contribution in [0.1, 0.15) is 29.6 Å². The summed E-state index contributed by atoms with van der Waals surface area (Å²) in [6.07, 6.45) is 0.628. The van der Waals surface area contributed by atoms with Gasteiger partial charge in [-0.2, -0.15) is 22.7 Å². The maximum absolute atomic E-state index is 13.0. The van der Waals surface area contributed by atoms with Gasteiger partial charge in [0.25, 0.3) is 5.56 Å². The van der Waals surface area contributed by atoms with Crippen molar-refractivity contribution in [1.29, 1.82) is 0 Å². The normalized spacial score (nSPS) is 12.7. The second-order valence-corrected chi connectivity index (χ2v) is 8.71. The minimum atomic E-state index is -4.45. The van der Waals surface area contributed by atoms with E-state index in [1.54, 1.807) is 18.2 Å². The Morgan fingerprint density at radius 3 is 2.61 bits per heavy atom. The standard InChI is InChI=1S/C26H18F3N3O3S/c1-2-34-19-9-6-16(7-10-19)8-13-23-30-25-32(31-23)24(33)22(36-25)15-20-11-12-21(35-20)17-4-3-5-18(14-17)26(27,28)29/h3-15H,2H2,1H3/b13-8+,22-15-. The van der Waals surface area contributed by atoms with Gasteiger partial charge in [0.05, 0.1) is 12.2 Å². The van der Waals surface area contributed by atoms with E-state index in [0.717, 1.165) is 34.8 Å². The van der Waals surface area contributed by atoms with Crippen LogP contribution in [0.25, 0.3) is 34.5 Å². The summed E-state index contributed by atoms with van der Waals surface area (Å²) in [4.78, 5) is 17.6. The number of furan rings is 1. The summed E-state index contributed by atoms with van der Waals surface area (Å²) < 4.78 is 51.7. The van der Waals surface area contributed by atoms with E-state index >= 15 is 0 Å². The number of rotatable bonds is 6. The van der Waals surface area contributed by atoms with Crippen LogP contribution in [0, 0.1) is 0 Å². The van der Waals surface area contributed by atoms with E-state index in [2.05, 4.69) is 10.1 Å². The second-order valence-electron chi connectivity index (χ2n) is 7.70. The summed E-state index contributed by atoms with van der Waals surface area (Å²) >= 11 is 1.14. The van der Waals surface area contributed by atoms with Crippen LogP contribution in [-0.4, -0.2) is 21.2 Å². The van der Waals surface area contributed by atoms with Gasteiger partial charge >= 0.3 is 6.18 Å². The molecule has 6 nitrogen and oxygen atoms in total. The van der Waals surface area contributed by atoms with Crippen molar-refractivity contribution < 1.29 is 22.3 Å². The van der Waals surface area contributed by atoms with Crippen LogP contribution in [0.2, 0.25) is 0 Å². The Hall–Kier alpha value is -4.18. The van der Waals surface area contributed by atoms with Gasteiger partial charge < -0.3 is 9.15 Å². The third-order valence-electron chi connectivity index (χ3n) is 5.19. The summed E-state index contributed by atoms with van der Waals surface area (Å²) in [7, 11) is 0. The molecular formula is C26H18F3N3O3S. The molecule has 0 spiro atoms. The maximum atomic E-state index is 13.0. The number of halogens is 3. The number of hydrogen-bond donors (Lipinski definition) is 0. The summed E-state index contributed by atoms with van der Waals surface area (Å²) in [6, 6.07) is 15.6. The fourth-order valence-corrected chi connectivity index (χ4v) is 4.39. The first kappa shape index (κ1) is 23.6. The zero-order valence-corrected chi connectivity index (χ0v) is 19.6. The van der Waals surface area contributed by atoms with Crippen LogP contribution in [0.15, 0.2) is 69.9 Å². The lowest BCUT2D eigenvalue weighted by Crippen LogP contribution is -2.23. The predicted octanol–water partition coefficient (Wildman–Crippen LogP) is 5.55. The first-order chi connectivity index (χ1) is 17.3. The number of thiazole rings is 1. The lowest BCUT2D eigenvalue weighted by atomic mass is 10.1. The predicted molar refractivity (Wildman–Crippen MR) is 132 cm³/mol. The number of nitrogens with zero attached hydrogens (tertiary/aromatic N) is 3. The fraction of sp³-hybridized carbons (Fsp3) is 0.115. The van der Waals surface area contributed by atoms with E-state index in [0.29, 0.717) is 33.2 Å². The molecule has 0 bridgehead atoms. The van der Waals surface area contributed by atoms with Crippen molar-refractivity contribution in [2.75, 3.05) is 6.61 Å². The van der Waals surface area contributed by atoms with Crippen molar-refractivity contribution in [1.82, 2.24) is 14.6 Å². The van der Waals surface area contributed by atoms with Gasteiger partial charge in [0, 0.05) is 11.6 Å². The Kier molecular flexibility index (Phi) is 6.19. The maximum Gasteiger partial charge on any atom is 0.416 e. The molecule has 3 aromatic heterocycles. The highest BCUT2D eigenvalue weighted by atomic mass is 32.1. The highest BCUT2D eigenvalue weighted by molar-refractivity contribution is 7.15. The Labute approximate surface area is 206 Å². The molecule has 0 N–H and O–H groups in total. The molecule has 3 heterocycles. The van der Waals surface area contributed by atoms with Crippen LogP contribution < -0.4 is 14.8 Å². The van der Waals surface area contributed by atoms with Gasteiger partial charge in [0.15, 0.2) is 5.82 Å². The summed E-state index contributed by atoms with van der Waals surface area (Å²) in [5.41, 5.74) is 0.0998. The van der Waals surface area contributed by atoms with E-state index in [1.165, 1.54) is 22.7 Å². The zero-order valence-electron chi connectivity index (χ0n) is 18.8. The van der Waals surface area contributed by atoms with Crippen LogP contribution in [-0.2, 0) is 6.18 Å². The molecule has 0 unspecified atom stereocenters.